The third-order valence-electron chi connectivity index (χ3n) is 5.72. The van der Waals surface area contributed by atoms with Gasteiger partial charge < -0.3 is 10.3 Å². The van der Waals surface area contributed by atoms with Crippen LogP contribution in [0.25, 0.3) is 32.6 Å². The summed E-state index contributed by atoms with van der Waals surface area (Å²) in [6.07, 6.45) is 3.93. The molecule has 156 valence electrons. The first-order chi connectivity index (χ1) is 14.1. The highest BCUT2D eigenvalue weighted by atomic mass is 32.1. The number of aromatic amines is 1. The highest BCUT2D eigenvalue weighted by molar-refractivity contribution is 7.18. The number of hydrogen-bond acceptors (Lipinski definition) is 6. The normalized spacial score (nSPS) is 19.0. The molecule has 8 heteroatoms. The van der Waals surface area contributed by atoms with Gasteiger partial charge in [0, 0.05) is 41.2 Å². The van der Waals surface area contributed by atoms with Gasteiger partial charge in [0.05, 0.1) is 10.5 Å². The highest BCUT2D eigenvalue weighted by Crippen LogP contribution is 2.41. The second kappa shape index (κ2) is 6.46. The van der Waals surface area contributed by atoms with Gasteiger partial charge in [-0.1, -0.05) is 11.3 Å². The van der Waals surface area contributed by atoms with E-state index in [2.05, 4.69) is 43.1 Å². The molecule has 1 aromatic carbocycles. The van der Waals surface area contributed by atoms with E-state index in [1.54, 1.807) is 16.0 Å². The molecule has 7 nitrogen and oxygen atoms in total. The van der Waals surface area contributed by atoms with Crippen molar-refractivity contribution in [1.82, 2.24) is 30.0 Å². The van der Waals surface area contributed by atoms with Crippen LogP contribution in [0, 0.1) is 0 Å². The smallest absolute Gasteiger partial charge is 0.278 e. The van der Waals surface area contributed by atoms with Crippen molar-refractivity contribution in [3.63, 3.8) is 0 Å². The van der Waals surface area contributed by atoms with E-state index in [0.29, 0.717) is 22.1 Å². The first-order valence-electron chi connectivity index (χ1n) is 10.2. The molecule has 0 amide bonds. The number of fused-ring (bicyclic) bond motifs is 2. The zero-order valence-corrected chi connectivity index (χ0v) is 18.7. The number of nitrogens with one attached hydrogen (secondary N) is 2. The molecule has 0 radical (unpaired) electrons. The van der Waals surface area contributed by atoms with Crippen molar-refractivity contribution >= 4 is 32.6 Å². The lowest BCUT2D eigenvalue weighted by Crippen LogP contribution is -2.57. The molecule has 2 N–H and O–H groups in total. The van der Waals surface area contributed by atoms with E-state index in [4.69, 9.17) is 9.97 Å². The maximum Gasteiger partial charge on any atom is 0.278 e. The number of piperidine rings is 1. The maximum atomic E-state index is 12.8. The number of hydrogen-bond donors (Lipinski definition) is 2. The standard InChI is InChI=1S/C22H26N6OS/c1-21(2)9-14(10-22(3,4)27-21)19-23-16-18(29)24-17(25-20(16)30-19)12-6-7-15-13(8-12)11-28(5)26-15/h6-8,11,14,27H,9-10H2,1-5H3,(H,24,25,29). The van der Waals surface area contributed by atoms with Crippen molar-refractivity contribution in [2.45, 2.75) is 57.5 Å². The van der Waals surface area contributed by atoms with Crippen molar-refractivity contribution in [2.24, 2.45) is 7.05 Å². The zero-order chi connectivity index (χ0) is 21.3. The molecule has 0 atom stereocenters. The molecule has 0 aliphatic carbocycles. The van der Waals surface area contributed by atoms with Crippen LogP contribution in [0.2, 0.25) is 0 Å². The Morgan fingerprint density at radius 1 is 1.13 bits per heavy atom. The second-order valence-electron chi connectivity index (χ2n) is 9.69. The Kier molecular flexibility index (Phi) is 4.17. The van der Waals surface area contributed by atoms with Crippen LogP contribution in [0.5, 0.6) is 0 Å². The summed E-state index contributed by atoms with van der Waals surface area (Å²) >= 11 is 1.55. The molecule has 1 aliphatic rings. The average Bonchev–Trinajstić information content (AvgIpc) is 3.21. The van der Waals surface area contributed by atoms with Gasteiger partial charge in [0.1, 0.15) is 5.82 Å². The number of rotatable bonds is 2. The molecule has 0 unspecified atom stereocenters. The van der Waals surface area contributed by atoms with Crippen LogP contribution >= 0.6 is 11.3 Å². The first-order valence-corrected chi connectivity index (χ1v) is 11.0. The molecule has 4 aromatic rings. The van der Waals surface area contributed by atoms with Crippen LogP contribution in [-0.2, 0) is 7.05 Å². The summed E-state index contributed by atoms with van der Waals surface area (Å²) in [5.41, 5.74) is 2.09. The highest BCUT2D eigenvalue weighted by Gasteiger charge is 2.39. The van der Waals surface area contributed by atoms with Gasteiger partial charge in [-0.05, 0) is 58.7 Å². The first kappa shape index (κ1) is 19.4. The van der Waals surface area contributed by atoms with Gasteiger partial charge in [0.2, 0.25) is 0 Å². The molecule has 0 saturated carbocycles. The minimum Gasteiger partial charge on any atom is -0.307 e. The fourth-order valence-corrected chi connectivity index (χ4v) is 5.99. The topological polar surface area (TPSA) is 88.5 Å². The quantitative estimate of drug-likeness (QED) is 0.510. The van der Waals surface area contributed by atoms with Crippen LogP contribution < -0.4 is 10.9 Å². The van der Waals surface area contributed by atoms with Crippen LogP contribution in [0.1, 0.15) is 51.5 Å². The summed E-state index contributed by atoms with van der Waals surface area (Å²) in [5.74, 6) is 0.879. The van der Waals surface area contributed by atoms with Gasteiger partial charge in [0.15, 0.2) is 10.3 Å². The van der Waals surface area contributed by atoms with Crippen molar-refractivity contribution in [3.05, 3.63) is 39.8 Å². The Morgan fingerprint density at radius 2 is 1.87 bits per heavy atom. The third kappa shape index (κ3) is 3.44. The molecule has 1 fully saturated rings. The lowest BCUT2D eigenvalue weighted by molar-refractivity contribution is 0.161. The molecule has 0 spiro atoms. The van der Waals surface area contributed by atoms with Crippen LogP contribution in [-0.4, -0.2) is 35.8 Å². The predicted octanol–water partition coefficient (Wildman–Crippen LogP) is 3.96. The molecule has 1 saturated heterocycles. The molecular weight excluding hydrogens is 396 g/mol. The minimum absolute atomic E-state index is 0.0222. The summed E-state index contributed by atoms with van der Waals surface area (Å²) in [6.45, 7) is 8.91. The minimum atomic E-state index is -0.184. The van der Waals surface area contributed by atoms with Crippen LogP contribution in [0.15, 0.2) is 29.2 Å². The summed E-state index contributed by atoms with van der Waals surface area (Å²) < 4.78 is 1.78. The van der Waals surface area contributed by atoms with Crippen molar-refractivity contribution < 1.29 is 0 Å². The summed E-state index contributed by atoms with van der Waals surface area (Å²) in [7, 11) is 1.90. The number of H-pyrrole nitrogens is 1. The monoisotopic (exact) mass is 422 g/mol. The van der Waals surface area contributed by atoms with Gasteiger partial charge in [-0.3, -0.25) is 9.48 Å². The average molecular weight is 423 g/mol. The number of aromatic nitrogens is 5. The van der Waals surface area contributed by atoms with Crippen molar-refractivity contribution in [2.75, 3.05) is 0 Å². The molecule has 3 aromatic heterocycles. The lowest BCUT2D eigenvalue weighted by Gasteiger charge is -2.46. The molecular formula is C22H26N6OS. The number of nitrogens with zero attached hydrogens (tertiary/aromatic N) is 4. The molecule has 1 aliphatic heterocycles. The second-order valence-corrected chi connectivity index (χ2v) is 10.7. The Balaban J connectivity index is 1.56. The Hall–Kier alpha value is -2.58. The number of benzene rings is 1. The molecule has 4 heterocycles. The Morgan fingerprint density at radius 3 is 2.60 bits per heavy atom. The van der Waals surface area contributed by atoms with Crippen LogP contribution in [0.4, 0.5) is 0 Å². The fourth-order valence-electron chi connectivity index (χ4n) is 4.95. The van der Waals surface area contributed by atoms with Gasteiger partial charge in [-0.25, -0.2) is 9.97 Å². The largest absolute Gasteiger partial charge is 0.307 e. The van der Waals surface area contributed by atoms with E-state index in [9.17, 15) is 4.79 Å². The van der Waals surface area contributed by atoms with E-state index < -0.39 is 0 Å². The van der Waals surface area contributed by atoms with E-state index in [1.807, 2.05) is 31.4 Å². The SMILES string of the molecule is Cn1cc2cc(-c3nc4sc(C5CC(C)(C)NC(C)(C)C5)nc4c(=O)[nH]3)ccc2n1. The van der Waals surface area contributed by atoms with Gasteiger partial charge >= 0.3 is 0 Å². The third-order valence-corrected chi connectivity index (χ3v) is 6.83. The van der Waals surface area contributed by atoms with Gasteiger partial charge in [0.25, 0.3) is 5.56 Å². The fraction of sp³-hybridized carbons (Fsp3) is 0.455. The van der Waals surface area contributed by atoms with E-state index in [1.165, 1.54) is 0 Å². The van der Waals surface area contributed by atoms with Gasteiger partial charge in [-0.2, -0.15) is 5.10 Å². The molecule has 30 heavy (non-hydrogen) atoms. The molecule has 0 bridgehead atoms. The Labute approximate surface area is 178 Å². The summed E-state index contributed by atoms with van der Waals surface area (Å²) in [4.78, 5) is 25.9. The Bertz CT molecular complexity index is 1310. The van der Waals surface area contributed by atoms with E-state index in [0.717, 1.165) is 34.3 Å². The molecule has 5 rings (SSSR count). The number of thiazole rings is 1. The maximum absolute atomic E-state index is 12.8. The zero-order valence-electron chi connectivity index (χ0n) is 17.9. The van der Waals surface area contributed by atoms with Crippen molar-refractivity contribution in [3.8, 4) is 11.4 Å². The van der Waals surface area contributed by atoms with Crippen LogP contribution in [0.3, 0.4) is 0 Å². The van der Waals surface area contributed by atoms with E-state index in [-0.39, 0.29) is 16.6 Å². The summed E-state index contributed by atoms with van der Waals surface area (Å²) in [5, 5.41) is 10.1. The van der Waals surface area contributed by atoms with E-state index >= 15 is 0 Å². The number of aryl methyl sites for hydroxylation is 1. The predicted molar refractivity (Wildman–Crippen MR) is 121 cm³/mol. The van der Waals surface area contributed by atoms with Crippen molar-refractivity contribution in [1.29, 1.82) is 0 Å². The summed E-state index contributed by atoms with van der Waals surface area (Å²) in [6, 6.07) is 5.90. The van der Waals surface area contributed by atoms with Gasteiger partial charge in [-0.15, -0.1) is 0 Å². The lowest BCUT2D eigenvalue weighted by atomic mass is 9.76.